The Kier molecular flexibility index (Phi) is 6.28. The van der Waals surface area contributed by atoms with Gasteiger partial charge in [-0.2, -0.15) is 0 Å². The molecule has 0 saturated heterocycles. The Morgan fingerprint density at radius 1 is 1.07 bits per heavy atom. The number of ether oxygens (including phenoxy) is 1. The van der Waals surface area contributed by atoms with Crippen LogP contribution in [-0.4, -0.2) is 48.9 Å². The number of fused-ring (bicyclic) bond motifs is 1. The zero-order valence-corrected chi connectivity index (χ0v) is 17.1. The van der Waals surface area contributed by atoms with Crippen molar-refractivity contribution in [3.63, 3.8) is 0 Å². The minimum absolute atomic E-state index is 0.184. The predicted molar refractivity (Wildman–Crippen MR) is 109 cm³/mol. The third kappa shape index (κ3) is 4.45. The molecule has 0 bridgehead atoms. The second-order valence-corrected chi connectivity index (χ2v) is 7.14. The Bertz CT molecular complexity index is 992. The lowest BCUT2D eigenvalue weighted by molar-refractivity contribution is 0.0599. The average molecular weight is 460 g/mol. The van der Waals surface area contributed by atoms with Crippen LogP contribution < -0.4 is 10.6 Å². The number of carbonyl (C=O) groups is 4. The molecule has 2 N–H and O–H groups in total. The van der Waals surface area contributed by atoms with Crippen molar-refractivity contribution in [3.8, 4) is 0 Å². The molecule has 0 unspecified atom stereocenters. The summed E-state index contributed by atoms with van der Waals surface area (Å²) in [5.41, 5.74) is 1.31. The molecule has 1 heterocycles. The number of hydrogen-bond acceptors (Lipinski definition) is 5. The average Bonchev–Trinajstić information content (AvgIpc) is 2.95. The first kappa shape index (κ1) is 20.5. The summed E-state index contributed by atoms with van der Waals surface area (Å²) >= 11 is 3.29. The van der Waals surface area contributed by atoms with Crippen LogP contribution >= 0.6 is 15.9 Å². The second kappa shape index (κ2) is 8.87. The Labute approximate surface area is 175 Å². The number of rotatable bonds is 6. The maximum Gasteiger partial charge on any atom is 0.339 e. The topological polar surface area (TPSA) is 105 Å². The number of nitrogens with zero attached hydrogens (tertiary/aromatic N) is 1. The number of nitrogens with one attached hydrogen (secondary N) is 2. The predicted octanol–water partition coefficient (Wildman–Crippen LogP) is 3.04. The standard InChI is InChI=1S/C20H18BrN3O5/c1-29-19(27)14-5-2-3-6-16(14)23-20(28)22-9-4-10-24-17(25)13-8-7-12(21)11-15(13)18(24)26/h2-3,5-8,11H,4,9-10H2,1H3,(H2,22,23,28). The summed E-state index contributed by atoms with van der Waals surface area (Å²) in [6.07, 6.45) is 0.388. The fourth-order valence-electron chi connectivity index (χ4n) is 2.95. The Morgan fingerprint density at radius 3 is 2.55 bits per heavy atom. The number of anilines is 1. The first-order valence-electron chi connectivity index (χ1n) is 8.80. The van der Waals surface area contributed by atoms with Crippen LogP contribution in [0, 0.1) is 0 Å². The molecule has 8 nitrogen and oxygen atoms in total. The minimum atomic E-state index is -0.557. The molecular weight excluding hydrogens is 442 g/mol. The molecule has 9 heteroatoms. The van der Waals surface area contributed by atoms with E-state index in [2.05, 4.69) is 31.3 Å². The van der Waals surface area contributed by atoms with E-state index in [1.807, 2.05) is 0 Å². The first-order chi connectivity index (χ1) is 13.9. The number of urea groups is 1. The zero-order chi connectivity index (χ0) is 21.0. The number of hydrogen-bond donors (Lipinski definition) is 2. The Hall–Kier alpha value is -3.20. The number of methoxy groups -OCH3 is 1. The van der Waals surface area contributed by atoms with Crippen LogP contribution in [0.5, 0.6) is 0 Å². The molecule has 0 saturated carbocycles. The maximum absolute atomic E-state index is 12.4. The van der Waals surface area contributed by atoms with Gasteiger partial charge in [-0.3, -0.25) is 14.5 Å². The van der Waals surface area contributed by atoms with Crippen molar-refractivity contribution >= 4 is 45.4 Å². The highest BCUT2D eigenvalue weighted by Crippen LogP contribution is 2.26. The molecule has 1 aliphatic rings. The van der Waals surface area contributed by atoms with Crippen LogP contribution in [0.4, 0.5) is 10.5 Å². The number of imide groups is 1. The Morgan fingerprint density at radius 2 is 1.79 bits per heavy atom. The van der Waals surface area contributed by atoms with E-state index < -0.39 is 12.0 Å². The van der Waals surface area contributed by atoms with E-state index in [0.29, 0.717) is 23.2 Å². The molecular formula is C20H18BrN3O5. The van der Waals surface area contributed by atoms with Crippen LogP contribution in [0.25, 0.3) is 0 Å². The highest BCUT2D eigenvalue weighted by molar-refractivity contribution is 9.10. The third-order valence-electron chi connectivity index (χ3n) is 4.36. The maximum atomic E-state index is 12.4. The van der Waals surface area contributed by atoms with Gasteiger partial charge < -0.3 is 15.4 Å². The van der Waals surface area contributed by atoms with Crippen molar-refractivity contribution < 1.29 is 23.9 Å². The molecule has 1 aliphatic heterocycles. The summed E-state index contributed by atoms with van der Waals surface area (Å²) in [6, 6.07) is 10.9. The molecule has 4 amide bonds. The normalized spacial score (nSPS) is 12.6. The van der Waals surface area contributed by atoms with Gasteiger partial charge in [-0.05, 0) is 36.8 Å². The largest absolute Gasteiger partial charge is 0.465 e. The van der Waals surface area contributed by atoms with Gasteiger partial charge in [0.05, 0.1) is 29.5 Å². The first-order valence-corrected chi connectivity index (χ1v) is 9.59. The SMILES string of the molecule is COC(=O)c1ccccc1NC(=O)NCCCN1C(=O)c2ccc(Br)cc2C1=O. The number of amides is 4. The van der Waals surface area contributed by atoms with Crippen molar-refractivity contribution in [2.45, 2.75) is 6.42 Å². The summed E-state index contributed by atoms with van der Waals surface area (Å²) < 4.78 is 5.41. The van der Waals surface area contributed by atoms with Gasteiger partial charge in [-0.25, -0.2) is 9.59 Å². The summed E-state index contributed by atoms with van der Waals surface area (Å²) in [4.78, 5) is 49.8. The number of para-hydroxylation sites is 1. The van der Waals surface area contributed by atoms with Gasteiger partial charge >= 0.3 is 12.0 Å². The Balaban J connectivity index is 1.50. The van der Waals surface area contributed by atoms with E-state index in [0.717, 1.165) is 4.47 Å². The molecule has 2 aromatic carbocycles. The molecule has 0 fully saturated rings. The molecule has 0 spiro atoms. The minimum Gasteiger partial charge on any atom is -0.465 e. The summed E-state index contributed by atoms with van der Waals surface area (Å²) in [5.74, 6) is -1.24. The van der Waals surface area contributed by atoms with Gasteiger partial charge in [0, 0.05) is 17.6 Å². The van der Waals surface area contributed by atoms with Crippen LogP contribution in [-0.2, 0) is 4.74 Å². The fourth-order valence-corrected chi connectivity index (χ4v) is 3.31. The third-order valence-corrected chi connectivity index (χ3v) is 4.85. The molecule has 0 radical (unpaired) electrons. The smallest absolute Gasteiger partial charge is 0.339 e. The van der Waals surface area contributed by atoms with Crippen molar-refractivity contribution in [1.82, 2.24) is 10.2 Å². The van der Waals surface area contributed by atoms with Crippen LogP contribution in [0.2, 0.25) is 0 Å². The molecule has 0 aromatic heterocycles. The number of benzene rings is 2. The monoisotopic (exact) mass is 459 g/mol. The van der Waals surface area contributed by atoms with Gasteiger partial charge in [-0.15, -0.1) is 0 Å². The molecule has 2 aromatic rings. The number of carbonyl (C=O) groups excluding carboxylic acids is 4. The number of halogens is 1. The highest BCUT2D eigenvalue weighted by Gasteiger charge is 2.34. The van der Waals surface area contributed by atoms with Gasteiger partial charge in [0.1, 0.15) is 0 Å². The quantitative estimate of drug-likeness (QED) is 0.392. The van der Waals surface area contributed by atoms with Gasteiger partial charge in [-0.1, -0.05) is 28.1 Å². The van der Waals surface area contributed by atoms with Crippen molar-refractivity contribution in [2.75, 3.05) is 25.5 Å². The van der Waals surface area contributed by atoms with E-state index >= 15 is 0 Å². The zero-order valence-electron chi connectivity index (χ0n) is 15.5. The van der Waals surface area contributed by atoms with E-state index in [1.54, 1.807) is 42.5 Å². The van der Waals surface area contributed by atoms with Crippen molar-refractivity contribution in [3.05, 3.63) is 63.6 Å². The molecule has 3 rings (SSSR count). The van der Waals surface area contributed by atoms with Gasteiger partial charge in [0.15, 0.2) is 0 Å². The molecule has 29 heavy (non-hydrogen) atoms. The lowest BCUT2D eigenvalue weighted by Gasteiger charge is -2.14. The van der Waals surface area contributed by atoms with E-state index in [9.17, 15) is 19.2 Å². The summed E-state index contributed by atoms with van der Waals surface area (Å²) in [7, 11) is 1.26. The van der Waals surface area contributed by atoms with E-state index in [4.69, 9.17) is 0 Å². The van der Waals surface area contributed by atoms with Crippen molar-refractivity contribution in [2.24, 2.45) is 0 Å². The lowest BCUT2D eigenvalue weighted by atomic mass is 10.1. The molecule has 150 valence electrons. The molecule has 0 aliphatic carbocycles. The summed E-state index contributed by atoms with van der Waals surface area (Å²) in [5, 5.41) is 5.23. The van der Waals surface area contributed by atoms with Gasteiger partial charge in [0.25, 0.3) is 11.8 Å². The van der Waals surface area contributed by atoms with Crippen molar-refractivity contribution in [1.29, 1.82) is 0 Å². The lowest BCUT2D eigenvalue weighted by Crippen LogP contribution is -2.35. The molecule has 0 atom stereocenters. The van der Waals surface area contributed by atoms with E-state index in [1.165, 1.54) is 12.0 Å². The van der Waals surface area contributed by atoms with Crippen LogP contribution in [0.3, 0.4) is 0 Å². The summed E-state index contributed by atoms with van der Waals surface area (Å²) in [6.45, 7) is 0.423. The van der Waals surface area contributed by atoms with Crippen LogP contribution in [0.1, 0.15) is 37.5 Å². The number of esters is 1. The van der Waals surface area contributed by atoms with Crippen LogP contribution in [0.15, 0.2) is 46.9 Å². The fraction of sp³-hybridized carbons (Fsp3) is 0.200. The second-order valence-electron chi connectivity index (χ2n) is 6.22. The van der Waals surface area contributed by atoms with Gasteiger partial charge in [0.2, 0.25) is 0 Å². The van der Waals surface area contributed by atoms with E-state index in [-0.39, 0.29) is 30.5 Å². The highest BCUT2D eigenvalue weighted by atomic mass is 79.9.